The first-order valence-corrected chi connectivity index (χ1v) is 8.20. The number of likely N-dealkylation sites (N-methyl/N-ethyl adjacent to an activating group) is 1. The molecule has 0 saturated carbocycles. The molecular formula is C13H18ClFN2O4S. The van der Waals surface area contributed by atoms with Crippen LogP contribution in [0.1, 0.15) is 5.56 Å². The molecule has 0 aliphatic heterocycles. The highest BCUT2D eigenvalue weighted by molar-refractivity contribution is 7.89. The summed E-state index contributed by atoms with van der Waals surface area (Å²) in [5.74, 6) is -1.90. The summed E-state index contributed by atoms with van der Waals surface area (Å²) in [6.45, 7) is 1.04. The number of aryl methyl sites for hydroxylation is 1. The van der Waals surface area contributed by atoms with Crippen LogP contribution in [0.4, 0.5) is 4.39 Å². The van der Waals surface area contributed by atoms with Crippen molar-refractivity contribution in [2.24, 2.45) is 0 Å². The predicted molar refractivity (Wildman–Crippen MR) is 81.1 cm³/mol. The lowest BCUT2D eigenvalue weighted by Gasteiger charge is -2.23. The van der Waals surface area contributed by atoms with Gasteiger partial charge in [0.25, 0.3) is 0 Å². The number of carbonyl (C=O) groups is 1. The van der Waals surface area contributed by atoms with E-state index in [2.05, 4.69) is 0 Å². The second-order valence-corrected chi connectivity index (χ2v) is 7.38. The SMILES string of the molecule is Cc1cc(S(=O)(=O)N(CCN(C)C)CC(=O)O)c(Cl)cc1F. The van der Waals surface area contributed by atoms with Crippen molar-refractivity contribution in [3.8, 4) is 0 Å². The van der Waals surface area contributed by atoms with E-state index in [1.165, 1.54) is 6.92 Å². The summed E-state index contributed by atoms with van der Waals surface area (Å²) < 4.78 is 39.4. The van der Waals surface area contributed by atoms with Gasteiger partial charge in [0.2, 0.25) is 10.0 Å². The van der Waals surface area contributed by atoms with E-state index < -0.39 is 28.4 Å². The highest BCUT2D eigenvalue weighted by Gasteiger charge is 2.29. The predicted octanol–water partition coefficient (Wildman–Crippen LogP) is 1.42. The fourth-order valence-corrected chi connectivity index (χ4v) is 3.67. The first kappa shape index (κ1) is 18.8. The summed E-state index contributed by atoms with van der Waals surface area (Å²) in [6.07, 6.45) is 0. The summed E-state index contributed by atoms with van der Waals surface area (Å²) >= 11 is 5.83. The summed E-state index contributed by atoms with van der Waals surface area (Å²) in [7, 11) is -0.661. The maximum atomic E-state index is 13.4. The molecule has 1 N–H and O–H groups in total. The molecule has 1 aromatic carbocycles. The van der Waals surface area contributed by atoms with E-state index in [9.17, 15) is 17.6 Å². The fraction of sp³-hybridized carbons (Fsp3) is 0.462. The number of carboxylic acids is 1. The van der Waals surface area contributed by atoms with Crippen LogP contribution in [0.5, 0.6) is 0 Å². The van der Waals surface area contributed by atoms with Crippen LogP contribution in [-0.2, 0) is 14.8 Å². The van der Waals surface area contributed by atoms with Crippen LogP contribution in [0.2, 0.25) is 5.02 Å². The van der Waals surface area contributed by atoms with E-state index in [-0.39, 0.29) is 22.0 Å². The standard InChI is InChI=1S/C13H18ClFN2O4S/c1-9-6-12(10(14)7-11(9)15)22(20,21)17(8-13(18)19)5-4-16(2)3/h6-7H,4-5,8H2,1-3H3,(H,18,19). The Morgan fingerprint density at radius 2 is 1.91 bits per heavy atom. The van der Waals surface area contributed by atoms with E-state index in [1.54, 1.807) is 19.0 Å². The summed E-state index contributed by atoms with van der Waals surface area (Å²) in [5, 5.41) is 8.64. The quantitative estimate of drug-likeness (QED) is 0.803. The van der Waals surface area contributed by atoms with Gasteiger partial charge in [-0.1, -0.05) is 11.6 Å². The summed E-state index contributed by atoms with van der Waals surface area (Å²) in [5.41, 5.74) is 0.117. The lowest BCUT2D eigenvalue weighted by Crippen LogP contribution is -2.40. The molecule has 0 atom stereocenters. The number of aliphatic carboxylic acids is 1. The van der Waals surface area contributed by atoms with Gasteiger partial charge < -0.3 is 10.0 Å². The molecule has 1 aromatic rings. The summed E-state index contributed by atoms with van der Waals surface area (Å²) in [6, 6.07) is 2.02. The zero-order valence-electron chi connectivity index (χ0n) is 12.5. The van der Waals surface area contributed by atoms with E-state index in [4.69, 9.17) is 16.7 Å². The van der Waals surface area contributed by atoms with Crippen molar-refractivity contribution in [3.63, 3.8) is 0 Å². The number of sulfonamides is 1. The molecule has 0 bridgehead atoms. The van der Waals surface area contributed by atoms with E-state index in [0.29, 0.717) is 6.54 Å². The Kier molecular flexibility index (Phi) is 6.30. The molecule has 0 aliphatic carbocycles. The van der Waals surface area contributed by atoms with Gasteiger partial charge in [0.15, 0.2) is 0 Å². The molecule has 0 saturated heterocycles. The number of hydrogen-bond donors (Lipinski definition) is 1. The maximum Gasteiger partial charge on any atom is 0.318 e. The Hall–Kier alpha value is -1.22. The highest BCUT2D eigenvalue weighted by atomic mass is 35.5. The monoisotopic (exact) mass is 352 g/mol. The molecule has 124 valence electrons. The molecule has 0 unspecified atom stereocenters. The Labute approximate surface area is 134 Å². The Morgan fingerprint density at radius 1 is 1.32 bits per heavy atom. The van der Waals surface area contributed by atoms with Crippen molar-refractivity contribution < 1.29 is 22.7 Å². The second-order valence-electron chi connectivity index (χ2n) is 5.07. The minimum Gasteiger partial charge on any atom is -0.480 e. The number of nitrogens with zero attached hydrogens (tertiary/aromatic N) is 2. The van der Waals surface area contributed by atoms with Crippen LogP contribution < -0.4 is 0 Å². The topological polar surface area (TPSA) is 77.9 Å². The second kappa shape index (κ2) is 7.36. The van der Waals surface area contributed by atoms with Crippen molar-refractivity contribution >= 4 is 27.6 Å². The fourth-order valence-electron chi connectivity index (χ4n) is 1.71. The Bertz CT molecular complexity index is 664. The van der Waals surface area contributed by atoms with Gasteiger partial charge in [0.05, 0.1) is 5.02 Å². The van der Waals surface area contributed by atoms with Crippen molar-refractivity contribution in [1.29, 1.82) is 0 Å². The lowest BCUT2D eigenvalue weighted by molar-refractivity contribution is -0.137. The number of halogens is 2. The van der Waals surface area contributed by atoms with Crippen molar-refractivity contribution in [3.05, 3.63) is 28.5 Å². The molecule has 0 fully saturated rings. The minimum atomic E-state index is -4.13. The summed E-state index contributed by atoms with van der Waals surface area (Å²) in [4.78, 5) is 12.4. The van der Waals surface area contributed by atoms with Crippen LogP contribution >= 0.6 is 11.6 Å². The van der Waals surface area contributed by atoms with Crippen molar-refractivity contribution in [2.75, 3.05) is 33.7 Å². The third-order valence-corrected chi connectivity index (χ3v) is 5.25. The first-order valence-electron chi connectivity index (χ1n) is 6.38. The van der Waals surface area contributed by atoms with Gasteiger partial charge in [-0.3, -0.25) is 4.79 Å². The van der Waals surface area contributed by atoms with Gasteiger partial charge in [-0.25, -0.2) is 12.8 Å². The van der Waals surface area contributed by atoms with Gasteiger partial charge in [0, 0.05) is 13.1 Å². The number of carboxylic acid groups (broad SMARTS) is 1. The molecule has 0 aromatic heterocycles. The third kappa shape index (κ3) is 4.64. The average molecular weight is 353 g/mol. The molecule has 9 heteroatoms. The van der Waals surface area contributed by atoms with Crippen molar-refractivity contribution in [2.45, 2.75) is 11.8 Å². The van der Waals surface area contributed by atoms with Gasteiger partial charge in [-0.05, 0) is 38.7 Å². The highest BCUT2D eigenvalue weighted by Crippen LogP contribution is 2.27. The molecule has 0 heterocycles. The molecule has 0 radical (unpaired) electrons. The van der Waals surface area contributed by atoms with Crippen LogP contribution in [0.15, 0.2) is 17.0 Å². The Balaban J connectivity index is 3.26. The van der Waals surface area contributed by atoms with E-state index in [1.807, 2.05) is 0 Å². The lowest BCUT2D eigenvalue weighted by atomic mass is 10.2. The molecule has 0 spiro atoms. The van der Waals surface area contributed by atoms with Crippen molar-refractivity contribution in [1.82, 2.24) is 9.21 Å². The van der Waals surface area contributed by atoms with Gasteiger partial charge in [0.1, 0.15) is 17.3 Å². The molecule has 0 aliphatic rings. The number of benzene rings is 1. The molecule has 6 nitrogen and oxygen atoms in total. The average Bonchev–Trinajstić information content (AvgIpc) is 2.37. The third-order valence-electron chi connectivity index (χ3n) is 2.94. The van der Waals surface area contributed by atoms with Crippen LogP contribution in [0, 0.1) is 12.7 Å². The van der Waals surface area contributed by atoms with E-state index in [0.717, 1.165) is 16.4 Å². The number of hydrogen-bond acceptors (Lipinski definition) is 4. The van der Waals surface area contributed by atoms with Crippen LogP contribution in [-0.4, -0.2) is 62.4 Å². The molecular weight excluding hydrogens is 335 g/mol. The minimum absolute atomic E-state index is 0.0195. The normalized spacial score (nSPS) is 12.1. The smallest absolute Gasteiger partial charge is 0.318 e. The molecule has 1 rings (SSSR count). The Morgan fingerprint density at radius 3 is 2.41 bits per heavy atom. The van der Waals surface area contributed by atoms with E-state index >= 15 is 0 Å². The van der Waals surface area contributed by atoms with Gasteiger partial charge in [-0.15, -0.1) is 0 Å². The van der Waals surface area contributed by atoms with Crippen LogP contribution in [0.3, 0.4) is 0 Å². The largest absolute Gasteiger partial charge is 0.480 e. The van der Waals surface area contributed by atoms with Crippen LogP contribution in [0.25, 0.3) is 0 Å². The van der Waals surface area contributed by atoms with Gasteiger partial charge in [-0.2, -0.15) is 4.31 Å². The molecule has 22 heavy (non-hydrogen) atoms. The maximum absolute atomic E-state index is 13.4. The van der Waals surface area contributed by atoms with Gasteiger partial charge >= 0.3 is 5.97 Å². The first-order chi connectivity index (χ1) is 10.1. The molecule has 0 amide bonds. The zero-order valence-corrected chi connectivity index (χ0v) is 14.1. The number of rotatable bonds is 7. The zero-order chi connectivity index (χ0) is 17.1.